The van der Waals surface area contributed by atoms with Crippen LogP contribution < -0.4 is 4.74 Å². The molecule has 0 spiro atoms. The molecule has 0 aliphatic carbocycles. The Morgan fingerprint density at radius 2 is 2.06 bits per heavy atom. The van der Waals surface area contributed by atoms with Crippen LogP contribution in [-0.4, -0.2) is 4.98 Å². The predicted molar refractivity (Wildman–Crippen MR) is 68.2 cm³/mol. The Labute approximate surface area is 107 Å². The van der Waals surface area contributed by atoms with Crippen molar-refractivity contribution in [3.63, 3.8) is 0 Å². The van der Waals surface area contributed by atoms with Crippen LogP contribution in [0.1, 0.15) is 5.56 Å². The Kier molecular flexibility index (Phi) is 3.46. The molecule has 0 fully saturated rings. The molecule has 16 heavy (non-hydrogen) atoms. The van der Waals surface area contributed by atoms with E-state index in [9.17, 15) is 0 Å². The lowest BCUT2D eigenvalue weighted by Crippen LogP contribution is -1.86. The first-order chi connectivity index (χ1) is 7.65. The van der Waals surface area contributed by atoms with Crippen LogP contribution in [0.2, 0.25) is 5.15 Å². The van der Waals surface area contributed by atoms with Gasteiger partial charge in [-0.15, -0.1) is 0 Å². The summed E-state index contributed by atoms with van der Waals surface area (Å²) in [5, 5.41) is 0.417. The van der Waals surface area contributed by atoms with Gasteiger partial charge in [0.2, 0.25) is 0 Å². The molecule has 0 N–H and O–H groups in total. The van der Waals surface area contributed by atoms with E-state index in [0.717, 1.165) is 10.2 Å². The highest BCUT2D eigenvalue weighted by atomic mass is 79.9. The molecule has 0 aliphatic heterocycles. The molecule has 2 nitrogen and oxygen atoms in total. The molecule has 1 aromatic carbocycles. The Morgan fingerprint density at radius 1 is 1.25 bits per heavy atom. The Bertz CT molecular complexity index is 516. The fraction of sp³-hybridized carbons (Fsp3) is 0.0833. The van der Waals surface area contributed by atoms with Gasteiger partial charge in [0.25, 0.3) is 0 Å². The predicted octanol–water partition coefficient (Wildman–Crippen LogP) is 4.60. The van der Waals surface area contributed by atoms with Crippen molar-refractivity contribution in [1.29, 1.82) is 0 Å². The van der Waals surface area contributed by atoms with E-state index in [1.54, 1.807) is 18.3 Å². The second kappa shape index (κ2) is 4.85. The summed E-state index contributed by atoms with van der Waals surface area (Å²) < 4.78 is 6.59. The first-order valence-electron chi connectivity index (χ1n) is 4.71. The van der Waals surface area contributed by atoms with Crippen molar-refractivity contribution in [2.45, 2.75) is 6.92 Å². The highest BCUT2D eigenvalue weighted by Gasteiger charge is 2.03. The highest BCUT2D eigenvalue weighted by molar-refractivity contribution is 9.10. The van der Waals surface area contributed by atoms with Crippen molar-refractivity contribution < 1.29 is 4.74 Å². The molecule has 82 valence electrons. The minimum Gasteiger partial charge on any atom is -0.456 e. The van der Waals surface area contributed by atoms with Crippen LogP contribution in [0.3, 0.4) is 0 Å². The molecule has 0 unspecified atom stereocenters. The number of rotatable bonds is 2. The Balaban J connectivity index is 2.27. The summed E-state index contributed by atoms with van der Waals surface area (Å²) in [5.74, 6) is 1.43. The average molecular weight is 299 g/mol. The molecule has 0 saturated carbocycles. The van der Waals surface area contributed by atoms with Crippen LogP contribution in [0.4, 0.5) is 0 Å². The summed E-state index contributed by atoms with van der Waals surface area (Å²) in [6.07, 6.45) is 1.61. The summed E-state index contributed by atoms with van der Waals surface area (Å²) >= 11 is 9.22. The van der Waals surface area contributed by atoms with Gasteiger partial charge in [-0.2, -0.15) is 0 Å². The third-order valence-corrected chi connectivity index (χ3v) is 2.84. The van der Waals surface area contributed by atoms with Crippen molar-refractivity contribution in [2.75, 3.05) is 0 Å². The Morgan fingerprint density at radius 3 is 2.75 bits per heavy atom. The number of aromatic nitrogens is 1. The summed E-state index contributed by atoms with van der Waals surface area (Å²) in [6.45, 7) is 2.03. The third kappa shape index (κ3) is 2.74. The third-order valence-electron chi connectivity index (χ3n) is 2.01. The van der Waals surface area contributed by atoms with E-state index in [4.69, 9.17) is 16.3 Å². The van der Waals surface area contributed by atoms with Crippen molar-refractivity contribution in [2.24, 2.45) is 0 Å². The molecule has 2 aromatic rings. The lowest BCUT2D eigenvalue weighted by atomic mass is 10.2. The lowest BCUT2D eigenvalue weighted by Gasteiger charge is -2.08. The smallest absolute Gasteiger partial charge is 0.141 e. The Hall–Kier alpha value is -1.06. The number of hydrogen-bond donors (Lipinski definition) is 0. The van der Waals surface area contributed by atoms with E-state index in [1.165, 1.54) is 5.56 Å². The maximum Gasteiger partial charge on any atom is 0.141 e. The van der Waals surface area contributed by atoms with Gasteiger partial charge >= 0.3 is 0 Å². The maximum atomic E-state index is 5.77. The van der Waals surface area contributed by atoms with Crippen molar-refractivity contribution in [3.05, 3.63) is 51.7 Å². The van der Waals surface area contributed by atoms with Gasteiger partial charge < -0.3 is 4.74 Å². The second-order valence-corrected chi connectivity index (χ2v) is 4.59. The maximum absolute atomic E-state index is 5.77. The van der Waals surface area contributed by atoms with Crippen molar-refractivity contribution in [3.8, 4) is 11.5 Å². The molecule has 0 atom stereocenters. The lowest BCUT2D eigenvalue weighted by molar-refractivity contribution is 0.479. The van der Waals surface area contributed by atoms with E-state index in [-0.39, 0.29) is 0 Å². The van der Waals surface area contributed by atoms with Gasteiger partial charge in [0.1, 0.15) is 16.7 Å². The van der Waals surface area contributed by atoms with Gasteiger partial charge in [0.15, 0.2) is 0 Å². The largest absolute Gasteiger partial charge is 0.456 e. The van der Waals surface area contributed by atoms with Crippen LogP contribution in [0, 0.1) is 6.92 Å². The highest BCUT2D eigenvalue weighted by Crippen LogP contribution is 2.30. The first-order valence-corrected chi connectivity index (χ1v) is 5.88. The normalized spacial score (nSPS) is 10.2. The summed E-state index contributed by atoms with van der Waals surface area (Å²) in [7, 11) is 0. The summed E-state index contributed by atoms with van der Waals surface area (Å²) in [5.41, 5.74) is 1.17. The van der Waals surface area contributed by atoms with E-state index < -0.39 is 0 Å². The average Bonchev–Trinajstić information content (AvgIpc) is 2.22. The minimum absolute atomic E-state index is 0.417. The molecule has 0 amide bonds. The number of halogens is 2. The number of benzene rings is 1. The quantitative estimate of drug-likeness (QED) is 0.756. The zero-order valence-electron chi connectivity index (χ0n) is 8.58. The van der Waals surface area contributed by atoms with Gasteiger partial charge in [-0.05, 0) is 46.6 Å². The van der Waals surface area contributed by atoms with Gasteiger partial charge in [0.05, 0.1) is 4.47 Å². The number of nitrogens with zero attached hydrogens (tertiary/aromatic N) is 1. The first kappa shape index (κ1) is 11.4. The van der Waals surface area contributed by atoms with Crippen molar-refractivity contribution >= 4 is 27.5 Å². The van der Waals surface area contributed by atoms with E-state index in [2.05, 4.69) is 20.9 Å². The van der Waals surface area contributed by atoms with E-state index in [0.29, 0.717) is 10.9 Å². The number of ether oxygens (including phenoxy) is 1. The van der Waals surface area contributed by atoms with Crippen LogP contribution in [0.25, 0.3) is 0 Å². The fourth-order valence-corrected chi connectivity index (χ4v) is 2.00. The standard InChI is InChI=1S/C12H9BrClNO/c1-8-2-3-11(10(13)6-8)16-9-4-5-15-12(14)7-9/h2-7H,1H3. The number of pyridine rings is 1. The monoisotopic (exact) mass is 297 g/mol. The van der Waals surface area contributed by atoms with Gasteiger partial charge in [-0.3, -0.25) is 0 Å². The van der Waals surface area contributed by atoms with E-state index >= 15 is 0 Å². The van der Waals surface area contributed by atoms with Gasteiger partial charge in [-0.25, -0.2) is 4.98 Å². The molecule has 1 aromatic heterocycles. The summed E-state index contributed by atoms with van der Waals surface area (Å²) in [4.78, 5) is 3.89. The van der Waals surface area contributed by atoms with Crippen LogP contribution in [0.5, 0.6) is 11.5 Å². The van der Waals surface area contributed by atoms with Crippen molar-refractivity contribution in [1.82, 2.24) is 4.98 Å². The summed E-state index contributed by atoms with van der Waals surface area (Å²) in [6, 6.07) is 9.33. The molecular formula is C12H9BrClNO. The van der Waals surface area contributed by atoms with E-state index in [1.807, 2.05) is 25.1 Å². The molecule has 4 heteroatoms. The SMILES string of the molecule is Cc1ccc(Oc2ccnc(Cl)c2)c(Br)c1. The van der Waals surface area contributed by atoms with Crippen LogP contribution in [-0.2, 0) is 0 Å². The molecule has 2 rings (SSSR count). The van der Waals surface area contributed by atoms with Gasteiger partial charge in [-0.1, -0.05) is 17.7 Å². The molecule has 1 heterocycles. The molecule has 0 bridgehead atoms. The zero-order valence-corrected chi connectivity index (χ0v) is 10.9. The number of aryl methyl sites for hydroxylation is 1. The second-order valence-electron chi connectivity index (χ2n) is 3.35. The molecule has 0 saturated heterocycles. The molecule has 0 radical (unpaired) electrons. The molecular weight excluding hydrogens is 289 g/mol. The minimum atomic E-state index is 0.417. The fourth-order valence-electron chi connectivity index (χ4n) is 1.26. The van der Waals surface area contributed by atoms with Crippen LogP contribution in [0.15, 0.2) is 41.0 Å². The molecule has 0 aliphatic rings. The van der Waals surface area contributed by atoms with Crippen LogP contribution >= 0.6 is 27.5 Å². The zero-order chi connectivity index (χ0) is 11.5. The van der Waals surface area contributed by atoms with Gasteiger partial charge in [0, 0.05) is 12.3 Å². The number of hydrogen-bond acceptors (Lipinski definition) is 2. The topological polar surface area (TPSA) is 22.1 Å².